The molecule has 2 aromatic heterocycles. The molecule has 0 bridgehead atoms. The van der Waals surface area contributed by atoms with E-state index >= 15 is 0 Å². The molecule has 0 aliphatic carbocycles. The van der Waals surface area contributed by atoms with Crippen molar-refractivity contribution < 1.29 is 0 Å². The quantitative estimate of drug-likeness (QED) is 0.700. The summed E-state index contributed by atoms with van der Waals surface area (Å²) in [4.78, 5) is 8.83. The van der Waals surface area contributed by atoms with Crippen molar-refractivity contribution in [2.45, 2.75) is 19.8 Å². The number of halogens is 1. The fourth-order valence-electron chi connectivity index (χ4n) is 1.95. The number of nitrogens with two attached hydrogens (primary N) is 1. The molecule has 0 unspecified atom stereocenters. The second kappa shape index (κ2) is 4.57. The van der Waals surface area contributed by atoms with E-state index in [4.69, 9.17) is 5.73 Å². The van der Waals surface area contributed by atoms with Crippen LogP contribution < -0.4 is 5.73 Å². The summed E-state index contributed by atoms with van der Waals surface area (Å²) in [5.74, 6) is 1.09. The fourth-order valence-corrected chi connectivity index (χ4v) is 3.19. The maximum absolute atomic E-state index is 5.98. The molecular weight excluding hydrogens is 326 g/mol. The van der Waals surface area contributed by atoms with Gasteiger partial charge in [0.2, 0.25) is 0 Å². The lowest BCUT2D eigenvalue weighted by Crippen LogP contribution is -1.91. The van der Waals surface area contributed by atoms with Crippen molar-refractivity contribution in [1.82, 2.24) is 19.6 Å². The molecule has 0 aliphatic heterocycles. The molecule has 0 aliphatic rings. The smallest absolute Gasteiger partial charge is 0.152 e. The zero-order chi connectivity index (χ0) is 13.6. The SMILES string of the molecule is CC(C)c1nnsc1-c1nc2c(N)cc(Br)cc2[nH]1. The minimum atomic E-state index is 0.311. The Morgan fingerprint density at radius 2 is 2.16 bits per heavy atom. The zero-order valence-electron chi connectivity index (χ0n) is 10.4. The predicted octanol–water partition coefficient (Wildman–Crippen LogP) is 3.55. The number of hydrogen-bond acceptors (Lipinski definition) is 5. The molecule has 0 atom stereocenters. The average molecular weight is 338 g/mol. The average Bonchev–Trinajstić information content (AvgIpc) is 2.92. The van der Waals surface area contributed by atoms with E-state index < -0.39 is 0 Å². The van der Waals surface area contributed by atoms with E-state index in [-0.39, 0.29) is 0 Å². The Kier molecular flexibility index (Phi) is 3.02. The van der Waals surface area contributed by atoms with Crippen LogP contribution in [0.1, 0.15) is 25.5 Å². The minimum absolute atomic E-state index is 0.311. The van der Waals surface area contributed by atoms with E-state index in [0.29, 0.717) is 11.6 Å². The first-order chi connectivity index (χ1) is 9.06. The van der Waals surface area contributed by atoms with Gasteiger partial charge in [-0.05, 0) is 29.6 Å². The highest BCUT2D eigenvalue weighted by Gasteiger charge is 2.17. The van der Waals surface area contributed by atoms with Crippen LogP contribution in [0.25, 0.3) is 21.7 Å². The first-order valence-corrected chi connectivity index (χ1v) is 7.40. The fraction of sp³-hybridized carbons (Fsp3) is 0.250. The van der Waals surface area contributed by atoms with Crippen molar-refractivity contribution in [3.63, 3.8) is 0 Å². The largest absolute Gasteiger partial charge is 0.397 e. The lowest BCUT2D eigenvalue weighted by atomic mass is 10.1. The lowest BCUT2D eigenvalue weighted by molar-refractivity contribution is 0.813. The maximum atomic E-state index is 5.98. The van der Waals surface area contributed by atoms with Gasteiger partial charge in [-0.1, -0.05) is 34.3 Å². The molecule has 98 valence electrons. The van der Waals surface area contributed by atoms with Gasteiger partial charge >= 0.3 is 0 Å². The van der Waals surface area contributed by atoms with Crippen molar-refractivity contribution in [3.05, 3.63) is 22.3 Å². The number of anilines is 1. The van der Waals surface area contributed by atoms with Crippen molar-refractivity contribution >= 4 is 44.2 Å². The highest BCUT2D eigenvalue weighted by atomic mass is 79.9. The van der Waals surface area contributed by atoms with E-state index in [1.165, 1.54) is 11.5 Å². The Morgan fingerprint density at radius 1 is 1.37 bits per heavy atom. The summed E-state index contributed by atoms with van der Waals surface area (Å²) in [5.41, 5.74) is 9.28. The minimum Gasteiger partial charge on any atom is -0.397 e. The Morgan fingerprint density at radius 3 is 2.89 bits per heavy atom. The number of rotatable bonds is 2. The molecule has 0 amide bonds. The van der Waals surface area contributed by atoms with Gasteiger partial charge in [0.1, 0.15) is 10.4 Å². The van der Waals surface area contributed by atoms with Crippen molar-refractivity contribution in [2.75, 3.05) is 5.73 Å². The number of fused-ring (bicyclic) bond motifs is 1. The van der Waals surface area contributed by atoms with Gasteiger partial charge in [-0.25, -0.2) is 4.98 Å². The van der Waals surface area contributed by atoms with Crippen LogP contribution in [-0.4, -0.2) is 19.6 Å². The third-order valence-electron chi connectivity index (χ3n) is 2.86. The van der Waals surface area contributed by atoms with Gasteiger partial charge in [0.25, 0.3) is 0 Å². The molecule has 0 radical (unpaired) electrons. The van der Waals surface area contributed by atoms with E-state index in [9.17, 15) is 0 Å². The van der Waals surface area contributed by atoms with E-state index in [2.05, 4.69) is 49.3 Å². The molecule has 3 aromatic rings. The summed E-state index contributed by atoms with van der Waals surface area (Å²) in [6, 6.07) is 3.81. The van der Waals surface area contributed by atoms with Crippen molar-refractivity contribution in [3.8, 4) is 10.7 Å². The number of aromatic amines is 1. The number of benzene rings is 1. The monoisotopic (exact) mass is 337 g/mol. The first kappa shape index (κ1) is 12.6. The van der Waals surface area contributed by atoms with E-state index in [1.807, 2.05) is 12.1 Å². The van der Waals surface area contributed by atoms with Crippen molar-refractivity contribution in [1.29, 1.82) is 0 Å². The van der Waals surface area contributed by atoms with Gasteiger partial charge in [0, 0.05) is 4.47 Å². The topological polar surface area (TPSA) is 80.5 Å². The second-order valence-corrected chi connectivity index (χ2v) is 6.29. The van der Waals surface area contributed by atoms with Gasteiger partial charge in [0.15, 0.2) is 5.82 Å². The summed E-state index contributed by atoms with van der Waals surface area (Å²) in [5, 5.41) is 4.17. The summed E-state index contributed by atoms with van der Waals surface area (Å²) in [6.07, 6.45) is 0. The summed E-state index contributed by atoms with van der Waals surface area (Å²) in [6.45, 7) is 4.18. The predicted molar refractivity (Wildman–Crippen MR) is 81.2 cm³/mol. The van der Waals surface area contributed by atoms with Crippen LogP contribution in [0.2, 0.25) is 0 Å². The summed E-state index contributed by atoms with van der Waals surface area (Å²) >= 11 is 4.78. The summed E-state index contributed by atoms with van der Waals surface area (Å²) < 4.78 is 4.95. The number of hydrogen-bond donors (Lipinski definition) is 2. The highest BCUT2D eigenvalue weighted by molar-refractivity contribution is 9.10. The summed E-state index contributed by atoms with van der Waals surface area (Å²) in [7, 11) is 0. The molecule has 5 nitrogen and oxygen atoms in total. The van der Waals surface area contributed by atoms with Crippen LogP contribution in [0.4, 0.5) is 5.69 Å². The zero-order valence-corrected chi connectivity index (χ0v) is 12.8. The van der Waals surface area contributed by atoms with Gasteiger partial charge in [-0.15, -0.1) is 5.10 Å². The first-order valence-electron chi connectivity index (χ1n) is 5.83. The number of H-pyrrole nitrogens is 1. The number of aromatic nitrogens is 4. The molecule has 0 spiro atoms. The van der Waals surface area contributed by atoms with Crippen LogP contribution >= 0.6 is 27.5 Å². The van der Waals surface area contributed by atoms with Crippen LogP contribution in [0.3, 0.4) is 0 Å². The normalized spacial score (nSPS) is 11.6. The van der Waals surface area contributed by atoms with Crippen LogP contribution in [-0.2, 0) is 0 Å². The molecule has 0 saturated carbocycles. The van der Waals surface area contributed by atoms with Crippen LogP contribution in [0.5, 0.6) is 0 Å². The molecule has 2 heterocycles. The second-order valence-electron chi connectivity index (χ2n) is 4.62. The Balaban J connectivity index is 2.21. The van der Waals surface area contributed by atoms with Gasteiger partial charge in [-0.3, -0.25) is 0 Å². The Hall–Kier alpha value is -1.47. The van der Waals surface area contributed by atoms with Gasteiger partial charge < -0.3 is 10.7 Å². The van der Waals surface area contributed by atoms with Gasteiger partial charge in [-0.2, -0.15) is 0 Å². The van der Waals surface area contributed by atoms with Crippen LogP contribution in [0, 0.1) is 0 Å². The molecule has 1 aromatic carbocycles. The molecule has 3 rings (SSSR count). The number of nitrogens with one attached hydrogen (secondary N) is 1. The Bertz CT molecular complexity index is 746. The van der Waals surface area contributed by atoms with E-state index in [1.54, 1.807) is 0 Å². The number of imidazole rings is 1. The number of nitrogens with zero attached hydrogens (tertiary/aromatic N) is 3. The molecule has 0 fully saturated rings. The van der Waals surface area contributed by atoms with Crippen LogP contribution in [0.15, 0.2) is 16.6 Å². The third kappa shape index (κ3) is 2.12. The third-order valence-corrected chi connectivity index (χ3v) is 4.06. The lowest BCUT2D eigenvalue weighted by Gasteiger charge is -2.00. The van der Waals surface area contributed by atoms with Crippen molar-refractivity contribution in [2.24, 2.45) is 0 Å². The molecule has 3 N–H and O–H groups in total. The molecule has 7 heteroatoms. The Labute approximate surface area is 122 Å². The number of nitrogen functional groups attached to an aromatic ring is 1. The van der Waals surface area contributed by atoms with Gasteiger partial charge in [0.05, 0.1) is 16.9 Å². The highest BCUT2D eigenvalue weighted by Crippen LogP contribution is 2.32. The molecule has 0 saturated heterocycles. The molecular formula is C12H12BrN5S. The maximum Gasteiger partial charge on any atom is 0.152 e. The van der Waals surface area contributed by atoms with E-state index in [0.717, 1.165) is 31.9 Å². The standard InChI is InChI=1S/C12H12BrN5S/c1-5(2)9-11(19-18-17-9)12-15-8-4-6(13)3-7(14)10(8)16-12/h3-5H,14H2,1-2H3,(H,15,16). The molecule has 19 heavy (non-hydrogen) atoms.